The van der Waals surface area contributed by atoms with Crippen molar-refractivity contribution in [2.75, 3.05) is 12.4 Å². The fourth-order valence-corrected chi connectivity index (χ4v) is 3.39. The van der Waals surface area contributed by atoms with Crippen LogP contribution in [-0.4, -0.2) is 24.0 Å². The van der Waals surface area contributed by atoms with Crippen molar-refractivity contribution < 1.29 is 13.9 Å². The van der Waals surface area contributed by atoms with Crippen molar-refractivity contribution in [3.05, 3.63) is 84.3 Å². The largest absolute Gasteiger partial charge is 0.497 e. The van der Waals surface area contributed by atoms with Gasteiger partial charge in [0.2, 0.25) is 0 Å². The van der Waals surface area contributed by atoms with Gasteiger partial charge < -0.3 is 19.8 Å². The molecule has 0 fully saturated rings. The van der Waals surface area contributed by atoms with Crippen LogP contribution in [0.4, 0.5) is 11.5 Å². The molecule has 2 N–H and O–H groups in total. The van der Waals surface area contributed by atoms with Gasteiger partial charge in [-0.3, -0.25) is 4.79 Å². The Bertz CT molecular complexity index is 1150. The molecule has 2 heterocycles. The maximum Gasteiger partial charge on any atom is 0.270 e. The van der Waals surface area contributed by atoms with Crippen LogP contribution in [0.5, 0.6) is 5.75 Å². The summed E-state index contributed by atoms with van der Waals surface area (Å²) in [6, 6.07) is 21.3. The highest BCUT2D eigenvalue weighted by molar-refractivity contribution is 5.99. The van der Waals surface area contributed by atoms with E-state index in [-0.39, 0.29) is 11.9 Å². The number of rotatable bonds is 8. The van der Waals surface area contributed by atoms with Crippen molar-refractivity contribution in [1.29, 1.82) is 0 Å². The van der Waals surface area contributed by atoms with E-state index >= 15 is 0 Å². The predicted molar refractivity (Wildman–Crippen MR) is 122 cm³/mol. The second kappa shape index (κ2) is 9.34. The Morgan fingerprint density at radius 3 is 2.61 bits per heavy atom. The molecule has 4 aromatic rings. The highest BCUT2D eigenvalue weighted by atomic mass is 16.5. The van der Waals surface area contributed by atoms with Gasteiger partial charge in [0.1, 0.15) is 22.8 Å². The van der Waals surface area contributed by atoms with Gasteiger partial charge in [-0.2, -0.15) is 0 Å². The lowest BCUT2D eigenvalue weighted by Gasteiger charge is -2.14. The third-order valence-corrected chi connectivity index (χ3v) is 5.12. The molecule has 2 aromatic heterocycles. The number of hydrogen-bond donors (Lipinski definition) is 2. The summed E-state index contributed by atoms with van der Waals surface area (Å²) >= 11 is 0. The summed E-state index contributed by atoms with van der Waals surface area (Å²) in [5.74, 6) is 1.11. The number of furan rings is 1. The van der Waals surface area contributed by atoms with Crippen molar-refractivity contribution >= 4 is 28.4 Å². The second-order valence-corrected chi connectivity index (χ2v) is 7.44. The number of benzene rings is 2. The van der Waals surface area contributed by atoms with E-state index in [0.29, 0.717) is 17.1 Å². The van der Waals surface area contributed by atoms with E-state index in [1.54, 1.807) is 19.4 Å². The lowest BCUT2D eigenvalue weighted by Crippen LogP contribution is -2.33. The molecule has 158 valence electrons. The Hall–Kier alpha value is -3.80. The molecule has 0 spiro atoms. The topological polar surface area (TPSA) is 76.4 Å². The van der Waals surface area contributed by atoms with Crippen LogP contribution in [0.3, 0.4) is 0 Å². The van der Waals surface area contributed by atoms with Crippen molar-refractivity contribution in [2.45, 2.75) is 25.8 Å². The first-order chi connectivity index (χ1) is 15.1. The monoisotopic (exact) mass is 415 g/mol. The Kier molecular flexibility index (Phi) is 6.17. The molecule has 1 amide bonds. The lowest BCUT2D eigenvalue weighted by atomic mass is 10.1. The number of anilines is 2. The molecule has 1 atom stereocenters. The summed E-state index contributed by atoms with van der Waals surface area (Å²) in [7, 11) is 1.63. The molecule has 0 aliphatic carbocycles. The third-order valence-electron chi connectivity index (χ3n) is 5.12. The molecule has 4 rings (SSSR count). The van der Waals surface area contributed by atoms with E-state index < -0.39 is 0 Å². The van der Waals surface area contributed by atoms with E-state index in [1.807, 2.05) is 55.5 Å². The van der Waals surface area contributed by atoms with Crippen molar-refractivity contribution in [3.63, 3.8) is 0 Å². The van der Waals surface area contributed by atoms with Crippen molar-refractivity contribution in [3.8, 4) is 5.75 Å². The predicted octanol–water partition coefficient (Wildman–Crippen LogP) is 5.33. The SMILES string of the molecule is COc1ccc(Nc2nc(C(=O)N[C@@H](C)CCc3ccccc3)cc3occc23)cc1. The van der Waals surface area contributed by atoms with Gasteiger partial charge in [-0.1, -0.05) is 30.3 Å². The summed E-state index contributed by atoms with van der Waals surface area (Å²) in [5.41, 5.74) is 3.01. The maximum absolute atomic E-state index is 12.9. The molecule has 0 saturated heterocycles. The van der Waals surface area contributed by atoms with Crippen molar-refractivity contribution in [1.82, 2.24) is 10.3 Å². The van der Waals surface area contributed by atoms with Gasteiger partial charge in [0.05, 0.1) is 18.8 Å². The first kappa shape index (κ1) is 20.5. The first-order valence-electron chi connectivity index (χ1n) is 10.3. The smallest absolute Gasteiger partial charge is 0.270 e. The Labute approximate surface area is 181 Å². The van der Waals surface area contributed by atoms with Crippen LogP contribution in [0.15, 0.2) is 77.4 Å². The number of fused-ring (bicyclic) bond motifs is 1. The number of amides is 1. The average Bonchev–Trinajstić information content (AvgIpc) is 3.28. The number of aryl methyl sites for hydroxylation is 1. The van der Waals surface area contributed by atoms with Crippen LogP contribution >= 0.6 is 0 Å². The number of nitrogens with zero attached hydrogens (tertiary/aromatic N) is 1. The maximum atomic E-state index is 12.9. The first-order valence-corrected chi connectivity index (χ1v) is 10.3. The molecular formula is C25H25N3O3. The number of carbonyl (C=O) groups excluding carboxylic acids is 1. The summed E-state index contributed by atoms with van der Waals surface area (Å²) < 4.78 is 10.8. The molecule has 0 bridgehead atoms. The molecule has 0 aliphatic rings. The molecule has 0 aliphatic heterocycles. The van der Waals surface area contributed by atoms with E-state index in [4.69, 9.17) is 9.15 Å². The van der Waals surface area contributed by atoms with Gasteiger partial charge in [-0.25, -0.2) is 4.98 Å². The quantitative estimate of drug-likeness (QED) is 0.407. The second-order valence-electron chi connectivity index (χ2n) is 7.44. The highest BCUT2D eigenvalue weighted by Crippen LogP contribution is 2.27. The summed E-state index contributed by atoms with van der Waals surface area (Å²) in [6.45, 7) is 2.00. The summed E-state index contributed by atoms with van der Waals surface area (Å²) in [5, 5.41) is 7.12. The standard InChI is InChI=1S/C25H25N3O3/c1-17(8-9-18-6-4-3-5-7-18)26-25(29)22-16-23-21(14-15-31-23)24(28-22)27-19-10-12-20(30-2)13-11-19/h3-7,10-17H,8-9H2,1-2H3,(H,26,29)(H,27,28)/t17-/m0/s1. The Morgan fingerprint density at radius 2 is 1.87 bits per heavy atom. The molecule has 0 radical (unpaired) electrons. The van der Waals surface area contributed by atoms with Gasteiger partial charge in [-0.15, -0.1) is 0 Å². The van der Waals surface area contributed by atoms with Crippen LogP contribution in [0.2, 0.25) is 0 Å². The van der Waals surface area contributed by atoms with Gasteiger partial charge in [-0.05, 0) is 55.7 Å². The zero-order valence-corrected chi connectivity index (χ0v) is 17.6. The van der Waals surface area contributed by atoms with Crippen LogP contribution in [0.25, 0.3) is 11.0 Å². The normalized spacial score (nSPS) is 11.8. The minimum Gasteiger partial charge on any atom is -0.497 e. The Balaban J connectivity index is 1.48. The summed E-state index contributed by atoms with van der Waals surface area (Å²) in [4.78, 5) is 17.4. The molecule has 31 heavy (non-hydrogen) atoms. The molecule has 0 unspecified atom stereocenters. The number of nitrogens with one attached hydrogen (secondary N) is 2. The number of carbonyl (C=O) groups is 1. The fourth-order valence-electron chi connectivity index (χ4n) is 3.39. The van der Waals surface area contributed by atoms with Crippen LogP contribution < -0.4 is 15.4 Å². The molecule has 6 heteroatoms. The summed E-state index contributed by atoms with van der Waals surface area (Å²) in [6.07, 6.45) is 3.34. The fraction of sp³-hybridized carbons (Fsp3) is 0.200. The number of pyridine rings is 1. The molecule has 2 aromatic carbocycles. The molecule has 0 saturated carbocycles. The minimum atomic E-state index is -0.225. The number of aromatic nitrogens is 1. The van der Waals surface area contributed by atoms with E-state index in [1.165, 1.54) is 5.56 Å². The van der Waals surface area contributed by atoms with Crippen LogP contribution in [0.1, 0.15) is 29.4 Å². The van der Waals surface area contributed by atoms with Gasteiger partial charge >= 0.3 is 0 Å². The Morgan fingerprint density at radius 1 is 1.10 bits per heavy atom. The molecule has 6 nitrogen and oxygen atoms in total. The van der Waals surface area contributed by atoms with E-state index in [0.717, 1.165) is 29.7 Å². The zero-order chi connectivity index (χ0) is 21.6. The van der Waals surface area contributed by atoms with E-state index in [9.17, 15) is 4.79 Å². The van der Waals surface area contributed by atoms with Crippen LogP contribution in [0, 0.1) is 0 Å². The van der Waals surface area contributed by atoms with Crippen molar-refractivity contribution in [2.24, 2.45) is 0 Å². The number of ether oxygens (including phenoxy) is 1. The third kappa shape index (κ3) is 5.04. The van der Waals surface area contributed by atoms with Gasteiger partial charge in [0, 0.05) is 17.8 Å². The highest BCUT2D eigenvalue weighted by Gasteiger charge is 2.16. The van der Waals surface area contributed by atoms with Crippen LogP contribution in [-0.2, 0) is 6.42 Å². The minimum absolute atomic E-state index is 0.0137. The number of methoxy groups -OCH3 is 1. The van der Waals surface area contributed by atoms with Gasteiger partial charge in [0.15, 0.2) is 0 Å². The lowest BCUT2D eigenvalue weighted by molar-refractivity contribution is 0.0933. The van der Waals surface area contributed by atoms with E-state index in [2.05, 4.69) is 27.8 Å². The number of hydrogen-bond acceptors (Lipinski definition) is 5. The average molecular weight is 415 g/mol. The van der Waals surface area contributed by atoms with Gasteiger partial charge in [0.25, 0.3) is 5.91 Å². The zero-order valence-electron chi connectivity index (χ0n) is 17.6. The molecular weight excluding hydrogens is 390 g/mol.